The van der Waals surface area contributed by atoms with Crippen LogP contribution in [-0.4, -0.2) is 30.6 Å². The zero-order valence-corrected chi connectivity index (χ0v) is 16.0. The van der Waals surface area contributed by atoms with Crippen molar-refractivity contribution in [2.75, 3.05) is 19.0 Å². The number of hydrogen-bond acceptors (Lipinski definition) is 6. The van der Waals surface area contributed by atoms with Crippen LogP contribution in [0.4, 0.5) is 9.52 Å². The van der Waals surface area contributed by atoms with E-state index < -0.39 is 24.3 Å². The summed E-state index contributed by atoms with van der Waals surface area (Å²) in [5, 5.41) is 4.76. The Labute approximate surface area is 164 Å². The van der Waals surface area contributed by atoms with Crippen LogP contribution in [0.1, 0.15) is 15.9 Å². The maximum absolute atomic E-state index is 13.5. The molecule has 1 aromatic heterocycles. The Morgan fingerprint density at radius 2 is 1.93 bits per heavy atom. The molecule has 0 unspecified atom stereocenters. The summed E-state index contributed by atoms with van der Waals surface area (Å²) in [5.74, 6) is -1.07. The topological polar surface area (TPSA) is 77.5 Å². The van der Waals surface area contributed by atoms with Crippen molar-refractivity contribution in [2.45, 2.75) is 6.92 Å². The fourth-order valence-corrected chi connectivity index (χ4v) is 3.05. The molecular weight excluding hydrogens is 383 g/mol. The molecule has 3 rings (SSSR count). The van der Waals surface area contributed by atoms with Gasteiger partial charge in [0.1, 0.15) is 11.6 Å². The van der Waals surface area contributed by atoms with Crippen LogP contribution in [0.5, 0.6) is 5.75 Å². The molecule has 144 valence electrons. The quantitative estimate of drug-likeness (QED) is 0.632. The van der Waals surface area contributed by atoms with E-state index in [0.29, 0.717) is 16.4 Å². The third-order valence-corrected chi connectivity index (χ3v) is 4.64. The molecule has 8 heteroatoms. The number of esters is 1. The highest BCUT2D eigenvalue weighted by Gasteiger charge is 2.13. The van der Waals surface area contributed by atoms with E-state index in [9.17, 15) is 14.0 Å². The second-order valence-electron chi connectivity index (χ2n) is 5.85. The van der Waals surface area contributed by atoms with E-state index in [0.717, 1.165) is 17.4 Å². The maximum Gasteiger partial charge on any atom is 0.338 e. The summed E-state index contributed by atoms with van der Waals surface area (Å²) in [5.41, 5.74) is 2.05. The van der Waals surface area contributed by atoms with Gasteiger partial charge in [0.15, 0.2) is 11.7 Å². The minimum Gasteiger partial charge on any atom is -0.497 e. The van der Waals surface area contributed by atoms with E-state index in [4.69, 9.17) is 9.47 Å². The zero-order chi connectivity index (χ0) is 20.1. The Balaban J connectivity index is 1.55. The van der Waals surface area contributed by atoms with Crippen LogP contribution in [0, 0.1) is 12.7 Å². The molecule has 3 aromatic rings. The second-order valence-corrected chi connectivity index (χ2v) is 6.71. The van der Waals surface area contributed by atoms with Crippen molar-refractivity contribution < 1.29 is 23.5 Å². The number of halogens is 1. The molecule has 0 fully saturated rings. The standard InChI is InChI=1S/C20H17FN2O4S/c1-12-3-4-14(9-16(12)21)19(25)27-10-18(24)23-20-22-17(11-28-20)13-5-7-15(26-2)8-6-13/h3-9,11H,10H2,1-2H3,(H,22,23,24). The number of aromatic nitrogens is 1. The van der Waals surface area contributed by atoms with Gasteiger partial charge >= 0.3 is 5.97 Å². The number of nitrogens with one attached hydrogen (secondary N) is 1. The van der Waals surface area contributed by atoms with E-state index in [1.807, 2.05) is 24.3 Å². The predicted octanol–water partition coefficient (Wildman–Crippen LogP) is 4.06. The number of anilines is 1. The smallest absolute Gasteiger partial charge is 0.338 e. The molecule has 0 aliphatic carbocycles. The van der Waals surface area contributed by atoms with Crippen molar-refractivity contribution in [1.82, 2.24) is 4.98 Å². The first-order chi connectivity index (χ1) is 13.5. The molecule has 1 N–H and O–H groups in total. The van der Waals surface area contributed by atoms with Crippen LogP contribution in [0.15, 0.2) is 47.8 Å². The number of thiazole rings is 1. The number of methoxy groups -OCH3 is 1. The molecule has 0 saturated heterocycles. The first-order valence-corrected chi connectivity index (χ1v) is 9.17. The second kappa shape index (κ2) is 8.62. The first-order valence-electron chi connectivity index (χ1n) is 8.29. The van der Waals surface area contributed by atoms with E-state index in [1.54, 1.807) is 19.4 Å². The molecule has 1 amide bonds. The Hall–Kier alpha value is -3.26. The van der Waals surface area contributed by atoms with E-state index in [1.165, 1.54) is 23.5 Å². The fourth-order valence-electron chi connectivity index (χ4n) is 2.32. The number of carbonyl (C=O) groups is 2. The average molecular weight is 400 g/mol. The molecule has 6 nitrogen and oxygen atoms in total. The SMILES string of the molecule is COc1ccc(-c2csc(NC(=O)COC(=O)c3ccc(C)c(F)c3)n2)cc1. The van der Waals surface area contributed by atoms with Crippen molar-refractivity contribution in [3.63, 3.8) is 0 Å². The van der Waals surface area contributed by atoms with Gasteiger partial charge in [0.05, 0.1) is 18.4 Å². The van der Waals surface area contributed by atoms with Gasteiger partial charge in [0, 0.05) is 10.9 Å². The van der Waals surface area contributed by atoms with Gasteiger partial charge in [-0.05, 0) is 48.9 Å². The average Bonchev–Trinajstić information content (AvgIpc) is 3.16. The number of amides is 1. The van der Waals surface area contributed by atoms with E-state index in [2.05, 4.69) is 10.3 Å². The lowest BCUT2D eigenvalue weighted by atomic mass is 10.1. The monoisotopic (exact) mass is 400 g/mol. The van der Waals surface area contributed by atoms with Gasteiger partial charge in [-0.25, -0.2) is 14.2 Å². The highest BCUT2D eigenvalue weighted by molar-refractivity contribution is 7.14. The number of nitrogens with zero attached hydrogens (tertiary/aromatic N) is 1. The lowest BCUT2D eigenvalue weighted by Gasteiger charge is -2.05. The van der Waals surface area contributed by atoms with Crippen molar-refractivity contribution in [2.24, 2.45) is 0 Å². The van der Waals surface area contributed by atoms with Crippen molar-refractivity contribution in [3.8, 4) is 17.0 Å². The minimum absolute atomic E-state index is 0.0481. The molecule has 0 bridgehead atoms. The van der Waals surface area contributed by atoms with Crippen LogP contribution in [0.25, 0.3) is 11.3 Å². The van der Waals surface area contributed by atoms with E-state index >= 15 is 0 Å². The summed E-state index contributed by atoms with van der Waals surface area (Å²) in [4.78, 5) is 28.2. The molecule has 0 saturated carbocycles. The van der Waals surface area contributed by atoms with Crippen LogP contribution in [-0.2, 0) is 9.53 Å². The summed E-state index contributed by atoms with van der Waals surface area (Å²) in [7, 11) is 1.59. The normalized spacial score (nSPS) is 10.4. The molecule has 0 aliphatic heterocycles. The highest BCUT2D eigenvalue weighted by Crippen LogP contribution is 2.26. The summed E-state index contributed by atoms with van der Waals surface area (Å²) in [6.45, 7) is 1.10. The van der Waals surface area contributed by atoms with Gasteiger partial charge in [0.2, 0.25) is 0 Å². The Bertz CT molecular complexity index is 1000. The van der Waals surface area contributed by atoms with Gasteiger partial charge < -0.3 is 9.47 Å². The number of benzene rings is 2. The fraction of sp³-hybridized carbons (Fsp3) is 0.150. The molecule has 0 spiro atoms. The number of rotatable bonds is 6. The van der Waals surface area contributed by atoms with Crippen LogP contribution < -0.4 is 10.1 Å². The Kier molecular flexibility index (Phi) is 6.00. The third kappa shape index (κ3) is 4.72. The summed E-state index contributed by atoms with van der Waals surface area (Å²) >= 11 is 1.25. The number of ether oxygens (including phenoxy) is 2. The van der Waals surface area contributed by atoms with Gasteiger partial charge in [-0.3, -0.25) is 10.1 Å². The lowest BCUT2D eigenvalue weighted by Crippen LogP contribution is -2.21. The van der Waals surface area contributed by atoms with Crippen LogP contribution >= 0.6 is 11.3 Å². The van der Waals surface area contributed by atoms with Crippen molar-refractivity contribution >= 4 is 28.3 Å². The van der Waals surface area contributed by atoms with Gasteiger partial charge in [-0.1, -0.05) is 6.07 Å². The number of hydrogen-bond donors (Lipinski definition) is 1. The molecule has 0 radical (unpaired) electrons. The molecule has 0 atom stereocenters. The van der Waals surface area contributed by atoms with Gasteiger partial charge in [-0.2, -0.15) is 0 Å². The number of carbonyl (C=O) groups excluding carboxylic acids is 2. The van der Waals surface area contributed by atoms with Crippen LogP contribution in [0.3, 0.4) is 0 Å². The maximum atomic E-state index is 13.5. The van der Waals surface area contributed by atoms with Crippen molar-refractivity contribution in [1.29, 1.82) is 0 Å². The largest absolute Gasteiger partial charge is 0.497 e. The molecule has 28 heavy (non-hydrogen) atoms. The number of aryl methyl sites for hydroxylation is 1. The highest BCUT2D eigenvalue weighted by atomic mass is 32.1. The third-order valence-electron chi connectivity index (χ3n) is 3.88. The first kappa shape index (κ1) is 19.5. The lowest BCUT2D eigenvalue weighted by molar-refractivity contribution is -0.119. The minimum atomic E-state index is -0.771. The summed E-state index contributed by atoms with van der Waals surface area (Å²) in [6.07, 6.45) is 0. The Morgan fingerprint density at radius 1 is 1.18 bits per heavy atom. The van der Waals surface area contributed by atoms with Crippen molar-refractivity contribution in [3.05, 3.63) is 64.8 Å². The van der Waals surface area contributed by atoms with E-state index in [-0.39, 0.29) is 5.56 Å². The zero-order valence-electron chi connectivity index (χ0n) is 15.2. The predicted molar refractivity (Wildman–Crippen MR) is 104 cm³/mol. The summed E-state index contributed by atoms with van der Waals surface area (Å²) in [6, 6.07) is 11.4. The van der Waals surface area contributed by atoms with Crippen LogP contribution in [0.2, 0.25) is 0 Å². The molecule has 1 heterocycles. The van der Waals surface area contributed by atoms with Gasteiger partial charge in [-0.15, -0.1) is 11.3 Å². The molecule has 0 aliphatic rings. The van der Waals surface area contributed by atoms with Gasteiger partial charge in [0.25, 0.3) is 5.91 Å². The Morgan fingerprint density at radius 3 is 2.61 bits per heavy atom. The molecule has 2 aromatic carbocycles. The summed E-state index contributed by atoms with van der Waals surface area (Å²) < 4.78 is 23.5. The molecular formula is C20H17FN2O4S.